The minimum Gasteiger partial charge on any atom is -0.409 e. The van der Waals surface area contributed by atoms with Gasteiger partial charge in [-0.1, -0.05) is 19.1 Å². The number of likely N-dealkylation sites (N-methyl/N-ethyl adjacent to an activating group) is 1. The lowest BCUT2D eigenvalue weighted by atomic mass is 10.2. The van der Waals surface area contributed by atoms with E-state index in [0.29, 0.717) is 6.54 Å². The quantitative estimate of drug-likeness (QED) is 0.786. The molecule has 8 heteroatoms. The molecule has 0 aliphatic rings. The average Bonchev–Trinajstić information content (AvgIpc) is 2.86. The topological polar surface area (TPSA) is 63.3 Å². The Labute approximate surface area is 138 Å². The minimum absolute atomic E-state index is 0.0707. The molecule has 1 amide bonds. The molecule has 124 valence electrons. The zero-order chi connectivity index (χ0) is 16.8. The fourth-order valence-electron chi connectivity index (χ4n) is 1.98. The molecule has 0 unspecified atom stereocenters. The molecule has 0 atom stereocenters. The van der Waals surface area contributed by atoms with E-state index in [1.807, 2.05) is 6.92 Å². The summed E-state index contributed by atoms with van der Waals surface area (Å²) in [5, 5.41) is 6.98. The highest BCUT2D eigenvalue weighted by atomic mass is 32.1. The second kappa shape index (κ2) is 7.98. The van der Waals surface area contributed by atoms with Crippen LogP contribution in [0.2, 0.25) is 0 Å². The fourth-order valence-corrected chi connectivity index (χ4v) is 2.16. The van der Waals surface area contributed by atoms with E-state index in [0.717, 1.165) is 6.42 Å². The summed E-state index contributed by atoms with van der Waals surface area (Å²) in [7, 11) is 1.77. The first-order chi connectivity index (χ1) is 11.0. The second-order valence-corrected chi connectivity index (χ2v) is 5.51. The molecule has 0 radical (unpaired) electrons. The smallest absolute Gasteiger partial charge is 0.288 e. The number of amides is 1. The molecule has 2 rings (SSSR count). The molecule has 0 spiro atoms. The van der Waals surface area contributed by atoms with E-state index in [1.165, 1.54) is 10.7 Å². The van der Waals surface area contributed by atoms with Crippen LogP contribution in [0.4, 0.5) is 4.39 Å². The van der Waals surface area contributed by atoms with Crippen LogP contribution in [0.3, 0.4) is 0 Å². The van der Waals surface area contributed by atoms with Gasteiger partial charge in [-0.25, -0.2) is 9.07 Å². The van der Waals surface area contributed by atoms with E-state index in [9.17, 15) is 9.18 Å². The third-order valence-electron chi connectivity index (χ3n) is 3.07. The van der Waals surface area contributed by atoms with Crippen molar-refractivity contribution in [3.8, 4) is 11.5 Å². The Balaban J connectivity index is 2.06. The predicted molar refractivity (Wildman–Crippen MR) is 86.7 cm³/mol. The number of nitrogens with zero attached hydrogens (tertiary/aromatic N) is 3. The minimum atomic E-state index is -0.428. The van der Waals surface area contributed by atoms with Crippen molar-refractivity contribution in [1.29, 1.82) is 0 Å². The first-order valence-electron chi connectivity index (χ1n) is 7.29. The Kier molecular flexibility index (Phi) is 6.00. The van der Waals surface area contributed by atoms with Gasteiger partial charge in [-0.2, -0.15) is 0 Å². The van der Waals surface area contributed by atoms with E-state index >= 15 is 0 Å². The highest BCUT2D eigenvalue weighted by Gasteiger charge is 2.14. The molecule has 1 N–H and O–H groups in total. The summed E-state index contributed by atoms with van der Waals surface area (Å²) >= 11 is 5.10. The van der Waals surface area contributed by atoms with Crippen molar-refractivity contribution in [3.63, 3.8) is 0 Å². The lowest BCUT2D eigenvalue weighted by Gasteiger charge is -2.15. The lowest BCUT2D eigenvalue weighted by molar-refractivity contribution is -0.122. The molecular weight excluding hydrogens is 319 g/mol. The average molecular weight is 338 g/mol. The van der Waals surface area contributed by atoms with Gasteiger partial charge in [0, 0.05) is 6.54 Å². The summed E-state index contributed by atoms with van der Waals surface area (Å²) in [5.41, 5.74) is 0.251. The molecule has 23 heavy (non-hydrogen) atoms. The monoisotopic (exact) mass is 338 g/mol. The summed E-state index contributed by atoms with van der Waals surface area (Å²) < 4.78 is 20.5. The second-order valence-electron chi connectivity index (χ2n) is 5.16. The Morgan fingerprint density at radius 2 is 2.22 bits per heavy atom. The predicted octanol–water partition coefficient (Wildman–Crippen LogP) is 2.43. The van der Waals surface area contributed by atoms with Crippen molar-refractivity contribution in [1.82, 2.24) is 20.0 Å². The van der Waals surface area contributed by atoms with Crippen LogP contribution in [0.5, 0.6) is 0 Å². The van der Waals surface area contributed by atoms with Crippen molar-refractivity contribution in [2.45, 2.75) is 20.0 Å². The van der Waals surface area contributed by atoms with Crippen molar-refractivity contribution >= 4 is 18.1 Å². The zero-order valence-corrected chi connectivity index (χ0v) is 13.9. The van der Waals surface area contributed by atoms with Gasteiger partial charge in [0.2, 0.25) is 11.8 Å². The molecule has 6 nitrogen and oxygen atoms in total. The molecule has 0 aliphatic heterocycles. The number of hydrogen-bond donors (Lipinski definition) is 1. The summed E-state index contributed by atoms with van der Waals surface area (Å²) in [6.45, 7) is 3.12. The van der Waals surface area contributed by atoms with Gasteiger partial charge >= 0.3 is 0 Å². The summed E-state index contributed by atoms with van der Waals surface area (Å²) in [4.78, 5) is 13.6. The van der Waals surface area contributed by atoms with Gasteiger partial charge in [0.05, 0.1) is 18.8 Å². The van der Waals surface area contributed by atoms with Crippen molar-refractivity contribution in [2.75, 3.05) is 20.1 Å². The zero-order valence-electron chi connectivity index (χ0n) is 13.1. The maximum atomic E-state index is 13.8. The summed E-state index contributed by atoms with van der Waals surface area (Å²) in [6, 6.07) is 6.19. The molecule has 0 fully saturated rings. The number of rotatable bonds is 7. The standard InChI is InChI=1S/C15H19FN4O2S/c1-3-8-17-13(21)9-19(2)10-20-15(23)22-14(18-20)11-6-4-5-7-12(11)16/h4-7H,3,8-10H2,1-2H3,(H,17,21). The van der Waals surface area contributed by atoms with E-state index in [2.05, 4.69) is 10.4 Å². The van der Waals surface area contributed by atoms with Crippen LogP contribution in [-0.4, -0.2) is 40.7 Å². The van der Waals surface area contributed by atoms with Crippen LogP contribution < -0.4 is 5.32 Å². The van der Waals surface area contributed by atoms with Gasteiger partial charge in [-0.15, -0.1) is 5.10 Å². The number of carbonyl (C=O) groups excluding carboxylic acids is 1. The first-order valence-corrected chi connectivity index (χ1v) is 7.70. The Morgan fingerprint density at radius 1 is 1.48 bits per heavy atom. The SMILES string of the molecule is CCCNC(=O)CN(C)Cn1nc(-c2ccccc2F)oc1=S. The molecule has 2 aromatic rings. The normalized spacial score (nSPS) is 11.0. The van der Waals surface area contributed by atoms with Crippen LogP contribution >= 0.6 is 12.2 Å². The highest BCUT2D eigenvalue weighted by molar-refractivity contribution is 7.71. The maximum absolute atomic E-state index is 13.8. The van der Waals surface area contributed by atoms with Crippen LogP contribution in [-0.2, 0) is 11.5 Å². The van der Waals surface area contributed by atoms with Gasteiger partial charge in [-0.3, -0.25) is 9.69 Å². The molecule has 1 aromatic carbocycles. The summed E-state index contributed by atoms with van der Waals surface area (Å²) in [5.74, 6) is -0.376. The lowest BCUT2D eigenvalue weighted by Crippen LogP contribution is -2.36. The van der Waals surface area contributed by atoms with Crippen molar-refractivity contribution < 1.29 is 13.6 Å². The van der Waals surface area contributed by atoms with Crippen LogP contribution in [0.1, 0.15) is 13.3 Å². The molecule has 0 saturated heterocycles. The molecular formula is C15H19FN4O2S. The highest BCUT2D eigenvalue weighted by Crippen LogP contribution is 2.20. The number of hydrogen-bond acceptors (Lipinski definition) is 5. The number of carbonyl (C=O) groups is 1. The van der Waals surface area contributed by atoms with E-state index in [4.69, 9.17) is 16.6 Å². The van der Waals surface area contributed by atoms with Gasteiger partial charge in [0.15, 0.2) is 0 Å². The van der Waals surface area contributed by atoms with Crippen molar-refractivity contribution in [3.05, 3.63) is 34.9 Å². The van der Waals surface area contributed by atoms with Crippen LogP contribution in [0, 0.1) is 10.7 Å². The van der Waals surface area contributed by atoms with Gasteiger partial charge in [0.25, 0.3) is 4.84 Å². The Morgan fingerprint density at radius 3 is 2.91 bits per heavy atom. The molecule has 1 heterocycles. The van der Waals surface area contributed by atoms with Gasteiger partial charge < -0.3 is 9.73 Å². The van der Waals surface area contributed by atoms with Crippen LogP contribution in [0.15, 0.2) is 28.7 Å². The van der Waals surface area contributed by atoms with Crippen molar-refractivity contribution in [2.24, 2.45) is 0 Å². The first kappa shape index (κ1) is 17.3. The third-order valence-corrected chi connectivity index (χ3v) is 3.37. The van der Waals surface area contributed by atoms with Gasteiger partial charge in [-0.05, 0) is 37.8 Å². The van der Waals surface area contributed by atoms with E-state index in [1.54, 1.807) is 30.1 Å². The van der Waals surface area contributed by atoms with E-state index < -0.39 is 5.82 Å². The molecule has 0 saturated carbocycles. The number of nitrogens with one attached hydrogen (secondary N) is 1. The number of benzene rings is 1. The van der Waals surface area contributed by atoms with E-state index in [-0.39, 0.29) is 35.4 Å². The molecule has 0 bridgehead atoms. The molecule has 0 aliphatic carbocycles. The number of aromatic nitrogens is 2. The van der Waals surface area contributed by atoms with Crippen LogP contribution in [0.25, 0.3) is 11.5 Å². The largest absolute Gasteiger partial charge is 0.409 e. The summed E-state index contributed by atoms with van der Waals surface area (Å²) in [6.07, 6.45) is 0.885. The maximum Gasteiger partial charge on any atom is 0.288 e. The number of halogens is 1. The Hall–Kier alpha value is -2.06. The molecule has 1 aromatic heterocycles. The van der Waals surface area contributed by atoms with Gasteiger partial charge in [0.1, 0.15) is 5.82 Å². The third kappa shape index (κ3) is 4.70. The Bertz CT molecular complexity index is 728. The fraction of sp³-hybridized carbons (Fsp3) is 0.400.